The van der Waals surface area contributed by atoms with E-state index in [1.165, 1.54) is 11.8 Å². The van der Waals surface area contributed by atoms with E-state index >= 15 is 0 Å². The molecular formula is C30H28N2O3S. The maximum Gasteiger partial charge on any atom is 0.255 e. The summed E-state index contributed by atoms with van der Waals surface area (Å²) in [6, 6.07) is 30.2. The largest absolute Gasteiger partial charge is 0.497 e. The van der Waals surface area contributed by atoms with Crippen LogP contribution in [-0.4, -0.2) is 18.9 Å². The van der Waals surface area contributed by atoms with Gasteiger partial charge in [0.15, 0.2) is 0 Å². The topological polar surface area (TPSA) is 67.4 Å². The van der Waals surface area contributed by atoms with Gasteiger partial charge in [-0.15, -0.1) is 11.8 Å². The van der Waals surface area contributed by atoms with Crippen LogP contribution in [0.1, 0.15) is 32.3 Å². The van der Waals surface area contributed by atoms with Crippen molar-refractivity contribution in [1.82, 2.24) is 0 Å². The fourth-order valence-corrected chi connectivity index (χ4v) is 4.78. The molecule has 0 radical (unpaired) electrons. The van der Waals surface area contributed by atoms with Crippen molar-refractivity contribution in [2.45, 2.75) is 24.0 Å². The van der Waals surface area contributed by atoms with Gasteiger partial charge in [0, 0.05) is 21.8 Å². The van der Waals surface area contributed by atoms with Crippen LogP contribution >= 0.6 is 11.8 Å². The van der Waals surface area contributed by atoms with Crippen molar-refractivity contribution in [2.24, 2.45) is 0 Å². The summed E-state index contributed by atoms with van der Waals surface area (Å²) in [6.45, 7) is 4.02. The highest BCUT2D eigenvalue weighted by Gasteiger charge is 2.22. The number of ether oxygens (including phenoxy) is 1. The summed E-state index contributed by atoms with van der Waals surface area (Å²) < 4.78 is 5.14. The van der Waals surface area contributed by atoms with Crippen molar-refractivity contribution >= 4 is 35.0 Å². The average Bonchev–Trinajstić information content (AvgIpc) is 2.90. The van der Waals surface area contributed by atoms with Crippen LogP contribution in [0.25, 0.3) is 0 Å². The van der Waals surface area contributed by atoms with E-state index in [9.17, 15) is 9.59 Å². The Morgan fingerprint density at radius 3 is 2.14 bits per heavy atom. The molecule has 0 aromatic heterocycles. The van der Waals surface area contributed by atoms with Gasteiger partial charge in [0.05, 0.1) is 7.11 Å². The van der Waals surface area contributed by atoms with Gasteiger partial charge in [-0.25, -0.2) is 0 Å². The van der Waals surface area contributed by atoms with Crippen molar-refractivity contribution in [3.63, 3.8) is 0 Å². The Kier molecular flexibility index (Phi) is 8.08. The fraction of sp³-hybridized carbons (Fsp3) is 0.133. The Morgan fingerprint density at radius 2 is 1.50 bits per heavy atom. The number of thioether (sulfide) groups is 1. The molecule has 0 heterocycles. The number of hydrogen-bond acceptors (Lipinski definition) is 4. The van der Waals surface area contributed by atoms with E-state index in [4.69, 9.17) is 4.74 Å². The lowest BCUT2D eigenvalue weighted by Crippen LogP contribution is -2.19. The zero-order valence-corrected chi connectivity index (χ0v) is 21.3. The summed E-state index contributed by atoms with van der Waals surface area (Å²) in [5.41, 5.74) is 5.12. The molecule has 0 aliphatic heterocycles. The Balaban J connectivity index is 1.48. The van der Waals surface area contributed by atoms with Gasteiger partial charge in [-0.1, -0.05) is 48.0 Å². The van der Waals surface area contributed by atoms with Crippen molar-refractivity contribution in [3.05, 3.63) is 119 Å². The number of methoxy groups -OCH3 is 1. The van der Waals surface area contributed by atoms with Crippen LogP contribution in [0.5, 0.6) is 5.75 Å². The third kappa shape index (κ3) is 6.34. The molecular weight excluding hydrogens is 468 g/mol. The second kappa shape index (κ2) is 11.6. The van der Waals surface area contributed by atoms with E-state index in [1.54, 1.807) is 31.4 Å². The molecule has 5 nitrogen and oxygen atoms in total. The lowest BCUT2D eigenvalue weighted by Gasteiger charge is -2.18. The molecule has 0 aliphatic rings. The SMILES string of the molecule is COc1ccc(C(=O)Nc2ccc(SC(C(=O)Nc3ccc(C)cc3C)c3ccccc3)cc2)cc1. The molecule has 182 valence electrons. The quantitative estimate of drug-likeness (QED) is 0.257. The predicted molar refractivity (Wildman–Crippen MR) is 147 cm³/mol. The Hall–Kier alpha value is -4.03. The molecule has 0 saturated carbocycles. The van der Waals surface area contributed by atoms with E-state index < -0.39 is 5.25 Å². The third-order valence-electron chi connectivity index (χ3n) is 5.70. The Morgan fingerprint density at radius 1 is 0.806 bits per heavy atom. The van der Waals surface area contributed by atoms with Gasteiger partial charge in [-0.2, -0.15) is 0 Å². The van der Waals surface area contributed by atoms with Gasteiger partial charge >= 0.3 is 0 Å². The highest BCUT2D eigenvalue weighted by molar-refractivity contribution is 8.00. The smallest absolute Gasteiger partial charge is 0.255 e. The van der Waals surface area contributed by atoms with Crippen molar-refractivity contribution in [1.29, 1.82) is 0 Å². The highest BCUT2D eigenvalue weighted by atomic mass is 32.2. The van der Waals surface area contributed by atoms with Crippen molar-refractivity contribution < 1.29 is 14.3 Å². The van der Waals surface area contributed by atoms with Crippen LogP contribution in [0.3, 0.4) is 0 Å². The standard InChI is InChI=1S/C30H28N2O3S/c1-20-9-18-27(21(2)19-20)32-30(34)28(22-7-5-4-6-8-22)36-26-16-12-24(13-17-26)31-29(33)23-10-14-25(35-3)15-11-23/h4-19,28H,1-3H3,(H,31,33)(H,32,34). The molecule has 2 amide bonds. The van der Waals surface area contributed by atoms with Crippen molar-refractivity contribution in [2.75, 3.05) is 17.7 Å². The number of carbonyl (C=O) groups is 2. The van der Waals surface area contributed by atoms with Gasteiger partial charge in [0.1, 0.15) is 11.0 Å². The summed E-state index contributed by atoms with van der Waals surface area (Å²) in [6.07, 6.45) is 0. The van der Waals surface area contributed by atoms with E-state index in [2.05, 4.69) is 16.7 Å². The molecule has 0 bridgehead atoms. The first-order valence-electron chi connectivity index (χ1n) is 11.6. The number of hydrogen-bond donors (Lipinski definition) is 2. The molecule has 4 aromatic carbocycles. The van der Waals surface area contributed by atoms with Crippen LogP contribution in [0.15, 0.2) is 102 Å². The van der Waals surface area contributed by atoms with E-state index in [1.807, 2.05) is 80.6 Å². The first kappa shape index (κ1) is 25.1. The van der Waals surface area contributed by atoms with Crippen molar-refractivity contribution in [3.8, 4) is 5.75 Å². The van der Waals surface area contributed by atoms with Gasteiger partial charge in [-0.05, 0) is 79.6 Å². The number of anilines is 2. The van der Waals surface area contributed by atoms with Crippen LogP contribution in [0.4, 0.5) is 11.4 Å². The molecule has 4 aromatic rings. The predicted octanol–water partition coefficient (Wildman–Crippen LogP) is 7.04. The normalized spacial score (nSPS) is 11.4. The maximum atomic E-state index is 13.4. The van der Waals surface area contributed by atoms with Crippen LogP contribution in [0, 0.1) is 13.8 Å². The zero-order chi connectivity index (χ0) is 25.5. The molecule has 1 unspecified atom stereocenters. The molecule has 0 saturated heterocycles. The fourth-order valence-electron chi connectivity index (χ4n) is 3.75. The molecule has 36 heavy (non-hydrogen) atoms. The summed E-state index contributed by atoms with van der Waals surface area (Å²) in [5.74, 6) is 0.408. The van der Waals surface area contributed by atoms with Crippen LogP contribution in [0.2, 0.25) is 0 Å². The second-order valence-corrected chi connectivity index (χ2v) is 9.60. The van der Waals surface area contributed by atoms with E-state index in [0.29, 0.717) is 17.0 Å². The number of amides is 2. The lowest BCUT2D eigenvalue weighted by atomic mass is 10.1. The third-order valence-corrected chi connectivity index (χ3v) is 6.96. The molecule has 0 fully saturated rings. The summed E-state index contributed by atoms with van der Waals surface area (Å²) in [4.78, 5) is 26.9. The minimum Gasteiger partial charge on any atom is -0.497 e. The van der Waals surface area contributed by atoms with Crippen LogP contribution in [-0.2, 0) is 4.79 Å². The number of rotatable bonds is 8. The number of carbonyl (C=O) groups excluding carboxylic acids is 2. The van der Waals surface area contributed by atoms with Crippen LogP contribution < -0.4 is 15.4 Å². The molecule has 1 atom stereocenters. The number of benzene rings is 4. The molecule has 6 heteroatoms. The van der Waals surface area contributed by atoms with E-state index in [0.717, 1.165) is 27.3 Å². The van der Waals surface area contributed by atoms with Gasteiger partial charge in [0.2, 0.25) is 5.91 Å². The zero-order valence-electron chi connectivity index (χ0n) is 20.4. The summed E-state index contributed by atoms with van der Waals surface area (Å²) in [5, 5.41) is 5.56. The van der Waals surface area contributed by atoms with Gasteiger partial charge < -0.3 is 15.4 Å². The molecule has 4 rings (SSSR count). The summed E-state index contributed by atoms with van der Waals surface area (Å²) in [7, 11) is 1.59. The molecule has 0 aliphatic carbocycles. The Labute approximate surface area is 215 Å². The number of nitrogens with one attached hydrogen (secondary N) is 2. The first-order valence-corrected chi connectivity index (χ1v) is 12.5. The Bertz CT molecular complexity index is 1340. The van der Waals surface area contributed by atoms with E-state index in [-0.39, 0.29) is 11.8 Å². The average molecular weight is 497 g/mol. The minimum absolute atomic E-state index is 0.0879. The molecule has 2 N–H and O–H groups in total. The van der Waals surface area contributed by atoms with Gasteiger partial charge in [-0.3, -0.25) is 9.59 Å². The highest BCUT2D eigenvalue weighted by Crippen LogP contribution is 2.37. The first-order chi connectivity index (χ1) is 17.4. The second-order valence-electron chi connectivity index (χ2n) is 8.42. The monoisotopic (exact) mass is 496 g/mol. The molecule has 0 spiro atoms. The summed E-state index contributed by atoms with van der Waals surface area (Å²) >= 11 is 1.47. The van der Waals surface area contributed by atoms with Gasteiger partial charge in [0.25, 0.3) is 5.91 Å². The number of aryl methyl sites for hydroxylation is 2. The lowest BCUT2D eigenvalue weighted by molar-refractivity contribution is -0.115. The maximum absolute atomic E-state index is 13.4. The minimum atomic E-state index is -0.438.